The third kappa shape index (κ3) is 2.69. The Balaban J connectivity index is 0.00000128. The molecule has 0 radical (unpaired) electrons. The lowest BCUT2D eigenvalue weighted by atomic mass is 9.85. The summed E-state index contributed by atoms with van der Waals surface area (Å²) >= 11 is 6.07. The van der Waals surface area contributed by atoms with Crippen molar-refractivity contribution in [1.29, 1.82) is 0 Å². The van der Waals surface area contributed by atoms with E-state index in [1.165, 1.54) is 0 Å². The first-order valence-corrected chi connectivity index (χ1v) is 5.69. The molecule has 1 fully saturated rings. The van der Waals surface area contributed by atoms with Gasteiger partial charge in [-0.15, -0.1) is 12.4 Å². The van der Waals surface area contributed by atoms with E-state index < -0.39 is 5.60 Å². The highest BCUT2D eigenvalue weighted by Gasteiger charge is 2.31. The zero-order valence-electron chi connectivity index (χ0n) is 9.29. The van der Waals surface area contributed by atoms with E-state index in [1.54, 1.807) is 0 Å². The van der Waals surface area contributed by atoms with Gasteiger partial charge in [-0.2, -0.15) is 0 Å². The van der Waals surface area contributed by atoms with Gasteiger partial charge in [0.05, 0.1) is 5.60 Å². The van der Waals surface area contributed by atoms with Crippen molar-refractivity contribution in [2.45, 2.75) is 25.4 Å². The fraction of sp³-hybridized carbons (Fsp3) is 0.500. The van der Waals surface area contributed by atoms with Gasteiger partial charge in [-0.1, -0.05) is 23.7 Å². The molecule has 0 spiro atoms. The van der Waals surface area contributed by atoms with Crippen LogP contribution in [0.15, 0.2) is 18.2 Å². The lowest BCUT2D eigenvalue weighted by Crippen LogP contribution is -2.39. The maximum Gasteiger partial charge on any atom is 0.0921 e. The van der Waals surface area contributed by atoms with Crippen molar-refractivity contribution in [3.8, 4) is 0 Å². The molecule has 2 N–H and O–H groups in total. The smallest absolute Gasteiger partial charge is 0.0921 e. The van der Waals surface area contributed by atoms with Crippen LogP contribution in [-0.2, 0) is 5.60 Å². The van der Waals surface area contributed by atoms with Gasteiger partial charge in [-0.3, -0.25) is 0 Å². The minimum Gasteiger partial charge on any atom is -0.385 e. The molecule has 0 atom stereocenters. The molecular weight excluding hydrogens is 245 g/mol. The summed E-state index contributed by atoms with van der Waals surface area (Å²) in [5.74, 6) is 0. The average Bonchev–Trinajstić information content (AvgIpc) is 2.23. The first-order valence-electron chi connectivity index (χ1n) is 5.31. The molecule has 0 amide bonds. The van der Waals surface area contributed by atoms with E-state index in [0.717, 1.165) is 42.1 Å². The molecule has 0 aromatic heterocycles. The Kier molecular flexibility index (Phi) is 4.62. The Hall–Kier alpha value is -0.280. The summed E-state index contributed by atoms with van der Waals surface area (Å²) in [6, 6.07) is 5.84. The Morgan fingerprint density at radius 1 is 1.31 bits per heavy atom. The van der Waals surface area contributed by atoms with Crippen LogP contribution in [0.4, 0.5) is 0 Å². The van der Waals surface area contributed by atoms with Gasteiger partial charge in [-0.25, -0.2) is 0 Å². The van der Waals surface area contributed by atoms with Crippen LogP contribution in [0.1, 0.15) is 24.0 Å². The number of hydrogen-bond acceptors (Lipinski definition) is 2. The van der Waals surface area contributed by atoms with Crippen LogP contribution < -0.4 is 5.32 Å². The summed E-state index contributed by atoms with van der Waals surface area (Å²) in [6.07, 6.45) is 1.51. The third-order valence-electron chi connectivity index (χ3n) is 3.14. The average molecular weight is 262 g/mol. The van der Waals surface area contributed by atoms with Crippen LogP contribution in [-0.4, -0.2) is 18.2 Å². The lowest BCUT2D eigenvalue weighted by molar-refractivity contribution is 0.00594. The molecule has 1 aliphatic rings. The summed E-state index contributed by atoms with van der Waals surface area (Å²) in [4.78, 5) is 0. The topological polar surface area (TPSA) is 32.3 Å². The molecule has 2 rings (SSSR count). The second kappa shape index (κ2) is 5.37. The van der Waals surface area contributed by atoms with Gasteiger partial charge in [0.2, 0.25) is 0 Å². The maximum absolute atomic E-state index is 10.5. The number of rotatable bonds is 1. The molecule has 90 valence electrons. The van der Waals surface area contributed by atoms with Crippen LogP contribution in [0, 0.1) is 6.92 Å². The van der Waals surface area contributed by atoms with Gasteiger partial charge in [0.15, 0.2) is 0 Å². The fourth-order valence-corrected chi connectivity index (χ4v) is 2.19. The van der Waals surface area contributed by atoms with Crippen molar-refractivity contribution < 1.29 is 5.11 Å². The molecule has 0 unspecified atom stereocenters. The highest BCUT2D eigenvalue weighted by atomic mass is 35.5. The van der Waals surface area contributed by atoms with Gasteiger partial charge >= 0.3 is 0 Å². The molecular formula is C12H17Cl2NO. The van der Waals surface area contributed by atoms with Crippen LogP contribution in [0.25, 0.3) is 0 Å². The van der Waals surface area contributed by atoms with Crippen molar-refractivity contribution in [2.75, 3.05) is 13.1 Å². The number of aliphatic hydroxyl groups is 1. The van der Waals surface area contributed by atoms with E-state index in [4.69, 9.17) is 11.6 Å². The molecule has 2 nitrogen and oxygen atoms in total. The Morgan fingerprint density at radius 3 is 2.50 bits per heavy atom. The van der Waals surface area contributed by atoms with Gasteiger partial charge in [0.1, 0.15) is 0 Å². The van der Waals surface area contributed by atoms with E-state index in [1.807, 2.05) is 25.1 Å². The van der Waals surface area contributed by atoms with Crippen molar-refractivity contribution in [3.05, 3.63) is 34.3 Å². The highest BCUT2D eigenvalue weighted by molar-refractivity contribution is 6.31. The largest absolute Gasteiger partial charge is 0.385 e. The summed E-state index contributed by atoms with van der Waals surface area (Å²) in [5.41, 5.74) is 1.31. The molecule has 1 saturated heterocycles. The molecule has 1 aliphatic heterocycles. The first kappa shape index (κ1) is 13.8. The Morgan fingerprint density at radius 2 is 1.94 bits per heavy atom. The molecule has 16 heavy (non-hydrogen) atoms. The number of hydrogen-bond donors (Lipinski definition) is 2. The molecule has 1 aromatic carbocycles. The zero-order chi connectivity index (χ0) is 10.9. The van der Waals surface area contributed by atoms with E-state index in [-0.39, 0.29) is 12.4 Å². The second-order valence-electron chi connectivity index (χ2n) is 4.25. The van der Waals surface area contributed by atoms with E-state index in [0.29, 0.717) is 0 Å². The molecule has 0 bridgehead atoms. The zero-order valence-corrected chi connectivity index (χ0v) is 10.9. The molecule has 4 heteroatoms. The van der Waals surface area contributed by atoms with Crippen LogP contribution >= 0.6 is 24.0 Å². The highest BCUT2D eigenvalue weighted by Crippen LogP contribution is 2.32. The second-order valence-corrected chi connectivity index (χ2v) is 4.65. The van der Waals surface area contributed by atoms with Gasteiger partial charge in [0.25, 0.3) is 0 Å². The van der Waals surface area contributed by atoms with Gasteiger partial charge in [-0.05, 0) is 50.0 Å². The number of nitrogens with one attached hydrogen (secondary N) is 1. The van der Waals surface area contributed by atoms with Gasteiger partial charge in [0, 0.05) is 5.02 Å². The normalized spacial score (nSPS) is 18.9. The van der Waals surface area contributed by atoms with Crippen molar-refractivity contribution in [1.82, 2.24) is 5.32 Å². The van der Waals surface area contributed by atoms with Gasteiger partial charge < -0.3 is 10.4 Å². The third-order valence-corrected chi connectivity index (χ3v) is 3.55. The van der Waals surface area contributed by atoms with E-state index in [9.17, 15) is 5.11 Å². The van der Waals surface area contributed by atoms with Crippen LogP contribution in [0.3, 0.4) is 0 Å². The van der Waals surface area contributed by atoms with Crippen molar-refractivity contribution in [2.24, 2.45) is 0 Å². The Labute approximate surface area is 107 Å². The minimum absolute atomic E-state index is 0. The lowest BCUT2D eigenvalue weighted by Gasteiger charge is -2.33. The van der Waals surface area contributed by atoms with E-state index in [2.05, 4.69) is 5.32 Å². The summed E-state index contributed by atoms with van der Waals surface area (Å²) in [6.45, 7) is 3.70. The predicted octanol–water partition coefficient (Wildman–Crippen LogP) is 2.64. The number of benzene rings is 1. The first-order chi connectivity index (χ1) is 7.12. The number of piperidine rings is 1. The summed E-state index contributed by atoms with van der Waals surface area (Å²) in [5, 5.41) is 14.4. The summed E-state index contributed by atoms with van der Waals surface area (Å²) in [7, 11) is 0. The fourth-order valence-electron chi connectivity index (χ4n) is 2.01. The number of aryl methyl sites for hydroxylation is 1. The molecule has 1 heterocycles. The van der Waals surface area contributed by atoms with Crippen molar-refractivity contribution in [3.63, 3.8) is 0 Å². The summed E-state index contributed by atoms with van der Waals surface area (Å²) < 4.78 is 0. The maximum atomic E-state index is 10.5. The Bertz CT molecular complexity index is 362. The molecule has 0 aliphatic carbocycles. The standard InChI is InChI=1S/C12H16ClNO.ClH/c1-9-2-3-10(8-11(9)13)12(15)4-6-14-7-5-12;/h2-3,8,14-15H,4-7H2,1H3;1H. The van der Waals surface area contributed by atoms with Crippen LogP contribution in [0.5, 0.6) is 0 Å². The molecule has 1 aromatic rings. The monoisotopic (exact) mass is 261 g/mol. The predicted molar refractivity (Wildman–Crippen MR) is 69.4 cm³/mol. The number of halogens is 2. The van der Waals surface area contributed by atoms with Crippen LogP contribution in [0.2, 0.25) is 5.02 Å². The SMILES string of the molecule is Cc1ccc(C2(O)CCNCC2)cc1Cl.Cl. The van der Waals surface area contributed by atoms with E-state index >= 15 is 0 Å². The quantitative estimate of drug-likeness (QED) is 0.815. The molecule has 0 saturated carbocycles. The minimum atomic E-state index is -0.692. The van der Waals surface area contributed by atoms with Crippen molar-refractivity contribution >= 4 is 24.0 Å².